The summed E-state index contributed by atoms with van der Waals surface area (Å²) < 4.78 is 0. The minimum absolute atomic E-state index is 0.0625. The van der Waals surface area contributed by atoms with E-state index >= 15 is 0 Å². The summed E-state index contributed by atoms with van der Waals surface area (Å²) >= 11 is 0. The first kappa shape index (κ1) is 12.3. The highest BCUT2D eigenvalue weighted by atomic mass is 16.1. The van der Waals surface area contributed by atoms with Gasteiger partial charge in [0, 0.05) is 0 Å². The summed E-state index contributed by atoms with van der Waals surface area (Å²) in [6, 6.07) is 0. The molecule has 13 heavy (non-hydrogen) atoms. The van der Waals surface area contributed by atoms with E-state index in [0.29, 0.717) is 0 Å². The van der Waals surface area contributed by atoms with Crippen molar-refractivity contribution in [2.24, 2.45) is 0 Å². The summed E-state index contributed by atoms with van der Waals surface area (Å²) in [4.78, 5) is 20.1. The third kappa shape index (κ3) is 11.3. The van der Waals surface area contributed by atoms with Crippen LogP contribution < -0.4 is 0 Å². The number of Topliss-reactive ketones (excluding diaryl/α,β-unsaturated/α-hetero) is 2. The molecule has 0 aliphatic heterocycles. The van der Waals surface area contributed by atoms with Crippen molar-refractivity contribution >= 4 is 11.6 Å². The molecule has 0 aromatic heterocycles. The molecule has 76 valence electrons. The van der Waals surface area contributed by atoms with Gasteiger partial charge in [0.1, 0.15) is 11.6 Å². The second-order valence-corrected chi connectivity index (χ2v) is 3.70. The number of carbonyl (C=O) groups is 2. The highest BCUT2D eigenvalue weighted by Gasteiger charge is 1.95. The smallest absolute Gasteiger partial charge is 0.137 e. The van der Waals surface area contributed by atoms with Crippen LogP contribution in [0.1, 0.15) is 58.8 Å². The number of hydrogen-bond acceptors (Lipinski definition) is 2. The third-order valence-electron chi connectivity index (χ3n) is 2.00. The van der Waals surface area contributed by atoms with Gasteiger partial charge in [-0.05, 0) is 13.8 Å². The Bertz CT molecular complexity index is 134. The van der Waals surface area contributed by atoms with Crippen LogP contribution in [-0.4, -0.2) is 11.6 Å². The lowest BCUT2D eigenvalue weighted by molar-refractivity contribution is -0.124. The molecule has 0 radical (unpaired) electrons. The molecule has 2 nitrogen and oxygen atoms in total. The van der Waals surface area contributed by atoms with Gasteiger partial charge in [0.05, 0.1) is 6.42 Å². The molecule has 0 bridgehead atoms. The highest BCUT2D eigenvalue weighted by Crippen LogP contribution is 2.15. The van der Waals surface area contributed by atoms with E-state index in [1.54, 1.807) is 0 Å². The molecule has 0 saturated heterocycles. The first-order chi connectivity index (χ1) is 6.13. The molecule has 1 fully saturated rings. The quantitative estimate of drug-likeness (QED) is 0.618. The van der Waals surface area contributed by atoms with E-state index in [9.17, 15) is 9.59 Å². The summed E-state index contributed by atoms with van der Waals surface area (Å²) in [6.45, 7) is 2.81. The van der Waals surface area contributed by atoms with Crippen LogP contribution in [0.3, 0.4) is 0 Å². The Morgan fingerprint density at radius 2 is 1.00 bits per heavy atom. The third-order valence-corrected chi connectivity index (χ3v) is 2.00. The average Bonchev–Trinajstić information content (AvgIpc) is 2.06. The second kappa shape index (κ2) is 7.96. The van der Waals surface area contributed by atoms with Gasteiger partial charge in [0.15, 0.2) is 0 Å². The largest absolute Gasteiger partial charge is 0.300 e. The van der Waals surface area contributed by atoms with Crippen molar-refractivity contribution in [2.75, 3.05) is 0 Å². The van der Waals surface area contributed by atoms with Crippen LogP contribution in [0.5, 0.6) is 0 Å². The fourth-order valence-corrected chi connectivity index (χ4v) is 1.41. The molecule has 0 amide bonds. The molecule has 1 rings (SSSR count). The maximum absolute atomic E-state index is 10.0. The van der Waals surface area contributed by atoms with Crippen molar-refractivity contribution < 1.29 is 9.59 Å². The molecule has 1 saturated carbocycles. The normalized spacial score (nSPS) is 15.5. The fourth-order valence-electron chi connectivity index (χ4n) is 1.41. The van der Waals surface area contributed by atoms with E-state index in [0.717, 1.165) is 0 Å². The number of rotatable bonds is 2. The van der Waals surface area contributed by atoms with E-state index in [1.165, 1.54) is 52.4 Å². The first-order valence-electron chi connectivity index (χ1n) is 5.12. The van der Waals surface area contributed by atoms with Gasteiger partial charge in [0.25, 0.3) is 0 Å². The highest BCUT2D eigenvalue weighted by molar-refractivity contribution is 5.96. The Morgan fingerprint density at radius 3 is 1.08 bits per heavy atom. The van der Waals surface area contributed by atoms with E-state index in [1.807, 2.05) is 0 Å². The molecule has 0 unspecified atom stereocenters. The molecule has 0 aromatic carbocycles. The van der Waals surface area contributed by atoms with Crippen LogP contribution in [0.2, 0.25) is 0 Å². The SMILES string of the molecule is C1CCCCC1.CC(=O)CC(C)=O. The van der Waals surface area contributed by atoms with Crippen molar-refractivity contribution in [3.8, 4) is 0 Å². The standard InChI is InChI=1S/C6H12.C5H8O2/c1-2-4-6-5-3-1;1-4(6)3-5(2)7/h1-6H2;3H2,1-2H3. The van der Waals surface area contributed by atoms with Crippen LogP contribution in [0.15, 0.2) is 0 Å². The van der Waals surface area contributed by atoms with Gasteiger partial charge in [0.2, 0.25) is 0 Å². The molecule has 0 aromatic rings. The van der Waals surface area contributed by atoms with Crippen LogP contribution in [0.4, 0.5) is 0 Å². The Labute approximate surface area is 80.7 Å². The molecular weight excluding hydrogens is 164 g/mol. The Morgan fingerprint density at radius 1 is 0.769 bits per heavy atom. The first-order valence-corrected chi connectivity index (χ1v) is 5.12. The topological polar surface area (TPSA) is 34.1 Å². The van der Waals surface area contributed by atoms with Gasteiger partial charge in [-0.2, -0.15) is 0 Å². The molecule has 0 N–H and O–H groups in total. The van der Waals surface area contributed by atoms with E-state index < -0.39 is 0 Å². The lowest BCUT2D eigenvalue weighted by atomic mass is 10.0. The molecule has 0 atom stereocenters. The zero-order valence-corrected chi connectivity index (χ0v) is 8.77. The van der Waals surface area contributed by atoms with Crippen LogP contribution in [0, 0.1) is 0 Å². The Balaban J connectivity index is 0.000000223. The van der Waals surface area contributed by atoms with Crippen LogP contribution in [0.25, 0.3) is 0 Å². The lowest BCUT2D eigenvalue weighted by Gasteiger charge is -2.05. The van der Waals surface area contributed by atoms with Gasteiger partial charge in [-0.1, -0.05) is 38.5 Å². The Hall–Kier alpha value is -0.660. The van der Waals surface area contributed by atoms with Gasteiger partial charge in [-0.3, -0.25) is 9.59 Å². The summed E-state index contributed by atoms with van der Waals surface area (Å²) in [5, 5.41) is 0. The fraction of sp³-hybridized carbons (Fsp3) is 0.818. The summed E-state index contributed by atoms with van der Waals surface area (Å²) in [7, 11) is 0. The Kier molecular flexibility index (Phi) is 7.56. The molecular formula is C11H20O2. The van der Waals surface area contributed by atoms with Crippen LogP contribution >= 0.6 is 0 Å². The minimum Gasteiger partial charge on any atom is -0.300 e. The molecule has 0 heterocycles. The van der Waals surface area contributed by atoms with Crippen molar-refractivity contribution in [2.45, 2.75) is 58.8 Å². The lowest BCUT2D eigenvalue weighted by Crippen LogP contribution is -1.97. The van der Waals surface area contributed by atoms with E-state index in [2.05, 4.69) is 0 Å². The zero-order chi connectivity index (χ0) is 10.1. The predicted octanol–water partition coefficient (Wildman–Crippen LogP) is 2.90. The molecule has 0 spiro atoms. The van der Waals surface area contributed by atoms with Crippen molar-refractivity contribution in [3.05, 3.63) is 0 Å². The number of carbonyl (C=O) groups excluding carboxylic acids is 2. The monoisotopic (exact) mass is 184 g/mol. The van der Waals surface area contributed by atoms with Gasteiger partial charge >= 0.3 is 0 Å². The molecule has 2 heteroatoms. The maximum atomic E-state index is 10.0. The maximum Gasteiger partial charge on any atom is 0.137 e. The molecule has 1 aliphatic rings. The van der Waals surface area contributed by atoms with Gasteiger partial charge in [-0.25, -0.2) is 0 Å². The van der Waals surface area contributed by atoms with Crippen molar-refractivity contribution in [3.63, 3.8) is 0 Å². The van der Waals surface area contributed by atoms with Crippen LogP contribution in [-0.2, 0) is 9.59 Å². The van der Waals surface area contributed by atoms with Gasteiger partial charge < -0.3 is 0 Å². The average molecular weight is 184 g/mol. The molecule has 1 aliphatic carbocycles. The van der Waals surface area contributed by atoms with Crippen molar-refractivity contribution in [1.82, 2.24) is 0 Å². The minimum atomic E-state index is -0.0625. The zero-order valence-electron chi connectivity index (χ0n) is 8.77. The summed E-state index contributed by atoms with van der Waals surface area (Å²) in [6.07, 6.45) is 9.08. The summed E-state index contributed by atoms with van der Waals surface area (Å²) in [5.74, 6) is -0.125. The second-order valence-electron chi connectivity index (χ2n) is 3.70. The van der Waals surface area contributed by atoms with E-state index in [4.69, 9.17) is 0 Å². The predicted molar refractivity (Wildman–Crippen MR) is 53.7 cm³/mol. The van der Waals surface area contributed by atoms with Crippen molar-refractivity contribution in [1.29, 1.82) is 0 Å². The number of hydrogen-bond donors (Lipinski definition) is 0. The summed E-state index contributed by atoms with van der Waals surface area (Å²) in [5.41, 5.74) is 0. The van der Waals surface area contributed by atoms with Gasteiger partial charge in [-0.15, -0.1) is 0 Å². The van der Waals surface area contributed by atoms with E-state index in [-0.39, 0.29) is 18.0 Å². The number of ketones is 2.